The van der Waals surface area contributed by atoms with Crippen LogP contribution in [0, 0.1) is 0 Å². The first-order valence-corrected chi connectivity index (χ1v) is 11.8. The predicted octanol–water partition coefficient (Wildman–Crippen LogP) is 0.998. The number of carbonyl (C=O) groups excluding carboxylic acids is 1. The fourth-order valence-corrected chi connectivity index (χ4v) is 6.02. The lowest BCUT2D eigenvalue weighted by Crippen LogP contribution is -2.26. The van der Waals surface area contributed by atoms with Gasteiger partial charge < -0.3 is 15.1 Å². The number of phenolic OH excluding ortho intramolecular Hbond substituents is 2. The van der Waals surface area contributed by atoms with Crippen molar-refractivity contribution in [1.82, 2.24) is 4.90 Å². The van der Waals surface area contributed by atoms with Crippen molar-refractivity contribution in [2.75, 3.05) is 16.1 Å². The van der Waals surface area contributed by atoms with Crippen molar-refractivity contribution in [3.63, 3.8) is 0 Å². The second kappa shape index (κ2) is 6.99. The number of phenols is 2. The topological polar surface area (TPSA) is 141 Å². The van der Waals surface area contributed by atoms with Crippen LogP contribution in [0.3, 0.4) is 0 Å². The van der Waals surface area contributed by atoms with Gasteiger partial charge in [0, 0.05) is 19.3 Å². The normalized spacial score (nSPS) is 14.2. The average molecular weight is 426 g/mol. The fraction of sp³-hybridized carbons (Fsp3) is 0.235. The smallest absolute Gasteiger partial charge is 0.258 e. The Bertz CT molecular complexity index is 1160. The Labute approximate surface area is 162 Å². The SMILES string of the molecule is CS(=O)(=O)CS(=O)(=O)Nc1ccccc1CN1Cc2ccc(O)c(O)c2C1=O. The summed E-state index contributed by atoms with van der Waals surface area (Å²) in [7, 11) is -7.90. The molecule has 0 radical (unpaired) electrons. The summed E-state index contributed by atoms with van der Waals surface area (Å²) >= 11 is 0. The molecule has 150 valence electrons. The van der Waals surface area contributed by atoms with Crippen molar-refractivity contribution < 1.29 is 31.8 Å². The molecule has 0 saturated carbocycles. The van der Waals surface area contributed by atoms with E-state index in [1.807, 2.05) is 0 Å². The first kappa shape index (κ1) is 20.0. The molecule has 3 N–H and O–H groups in total. The first-order valence-electron chi connectivity index (χ1n) is 8.06. The van der Waals surface area contributed by atoms with Gasteiger partial charge in [-0.1, -0.05) is 24.3 Å². The lowest BCUT2D eigenvalue weighted by molar-refractivity contribution is 0.0764. The molecular formula is C17H18N2O7S2. The summed E-state index contributed by atoms with van der Waals surface area (Å²) in [6.07, 6.45) is 0.820. The lowest BCUT2D eigenvalue weighted by atomic mass is 10.1. The molecule has 2 aromatic rings. The van der Waals surface area contributed by atoms with E-state index < -0.39 is 42.4 Å². The summed E-state index contributed by atoms with van der Waals surface area (Å²) in [5.74, 6) is -1.40. The van der Waals surface area contributed by atoms with E-state index in [0.29, 0.717) is 11.1 Å². The number of rotatable bonds is 6. The number of carbonyl (C=O) groups is 1. The molecule has 2 aromatic carbocycles. The van der Waals surface area contributed by atoms with Gasteiger partial charge in [0.15, 0.2) is 26.4 Å². The number of para-hydroxylation sites is 1. The number of nitrogens with one attached hydrogen (secondary N) is 1. The molecule has 28 heavy (non-hydrogen) atoms. The van der Waals surface area contributed by atoms with Crippen LogP contribution in [0.1, 0.15) is 21.5 Å². The van der Waals surface area contributed by atoms with Gasteiger partial charge in [-0.25, -0.2) is 16.8 Å². The van der Waals surface area contributed by atoms with E-state index in [1.54, 1.807) is 18.2 Å². The largest absolute Gasteiger partial charge is 0.504 e. The van der Waals surface area contributed by atoms with Crippen LogP contribution in [-0.4, -0.2) is 49.2 Å². The van der Waals surface area contributed by atoms with Crippen LogP contribution in [0.15, 0.2) is 36.4 Å². The molecule has 0 spiro atoms. The molecule has 0 aromatic heterocycles. The summed E-state index contributed by atoms with van der Waals surface area (Å²) in [6.45, 7) is 0.192. The van der Waals surface area contributed by atoms with Crippen LogP contribution >= 0.6 is 0 Å². The number of sulfonamides is 1. The zero-order chi connectivity index (χ0) is 20.7. The van der Waals surface area contributed by atoms with Crippen LogP contribution < -0.4 is 4.72 Å². The first-order chi connectivity index (χ1) is 13.0. The maximum atomic E-state index is 12.6. The van der Waals surface area contributed by atoms with Gasteiger partial charge in [0.2, 0.25) is 10.0 Å². The van der Waals surface area contributed by atoms with E-state index in [0.717, 1.165) is 6.26 Å². The summed E-state index contributed by atoms with van der Waals surface area (Å²) in [6, 6.07) is 9.12. The average Bonchev–Trinajstić information content (AvgIpc) is 2.87. The summed E-state index contributed by atoms with van der Waals surface area (Å²) in [5, 5.41) is 18.5. The minimum atomic E-state index is -4.14. The van der Waals surface area contributed by atoms with E-state index in [-0.39, 0.29) is 24.3 Å². The number of benzene rings is 2. The van der Waals surface area contributed by atoms with E-state index in [2.05, 4.69) is 4.72 Å². The lowest BCUT2D eigenvalue weighted by Gasteiger charge is -2.19. The van der Waals surface area contributed by atoms with Crippen molar-refractivity contribution in [3.8, 4) is 11.5 Å². The number of hydrogen-bond donors (Lipinski definition) is 3. The van der Waals surface area contributed by atoms with Crippen molar-refractivity contribution in [2.45, 2.75) is 13.1 Å². The molecule has 1 amide bonds. The molecule has 1 aliphatic heterocycles. The quantitative estimate of drug-likeness (QED) is 0.585. The third-order valence-corrected chi connectivity index (χ3v) is 7.60. The van der Waals surface area contributed by atoms with Gasteiger partial charge in [-0.3, -0.25) is 9.52 Å². The Hall–Kier alpha value is -2.79. The Morgan fingerprint density at radius 1 is 1.07 bits per heavy atom. The number of sulfone groups is 1. The molecule has 0 unspecified atom stereocenters. The highest BCUT2D eigenvalue weighted by Crippen LogP contribution is 2.37. The fourth-order valence-electron chi connectivity index (χ4n) is 3.00. The molecule has 1 heterocycles. The maximum Gasteiger partial charge on any atom is 0.258 e. The second-order valence-electron chi connectivity index (χ2n) is 6.55. The summed E-state index contributed by atoms with van der Waals surface area (Å²) in [5.41, 5.74) is 1.15. The Morgan fingerprint density at radius 2 is 1.75 bits per heavy atom. The molecule has 0 saturated heterocycles. The molecule has 0 bridgehead atoms. The molecule has 11 heteroatoms. The van der Waals surface area contributed by atoms with Crippen LogP contribution in [0.2, 0.25) is 0 Å². The van der Waals surface area contributed by atoms with Gasteiger partial charge in [-0.2, -0.15) is 0 Å². The standard InChI is InChI=1S/C17H18N2O7S2/c1-27(23,24)10-28(25,26)18-13-5-3-2-4-11(13)8-19-9-12-6-7-14(20)16(21)15(12)17(19)22/h2-7,18,20-21H,8-10H2,1H3. The molecule has 3 rings (SSSR count). The number of fused-ring (bicyclic) bond motifs is 1. The Kier molecular flexibility index (Phi) is 4.98. The monoisotopic (exact) mass is 426 g/mol. The van der Waals surface area contributed by atoms with Gasteiger partial charge in [-0.05, 0) is 23.3 Å². The number of nitrogens with zero attached hydrogens (tertiary/aromatic N) is 1. The highest BCUT2D eigenvalue weighted by molar-refractivity contribution is 8.08. The van der Waals surface area contributed by atoms with Crippen LogP contribution in [0.5, 0.6) is 11.5 Å². The number of hydrogen-bond acceptors (Lipinski definition) is 7. The van der Waals surface area contributed by atoms with Crippen molar-refractivity contribution in [2.24, 2.45) is 0 Å². The van der Waals surface area contributed by atoms with Crippen molar-refractivity contribution in [3.05, 3.63) is 53.1 Å². The van der Waals surface area contributed by atoms with E-state index in [1.165, 1.54) is 23.1 Å². The highest BCUT2D eigenvalue weighted by atomic mass is 32.3. The zero-order valence-corrected chi connectivity index (χ0v) is 16.4. The molecule has 0 aliphatic carbocycles. The maximum absolute atomic E-state index is 12.6. The molecule has 1 aliphatic rings. The van der Waals surface area contributed by atoms with Crippen LogP contribution in [0.4, 0.5) is 5.69 Å². The van der Waals surface area contributed by atoms with E-state index in [9.17, 15) is 31.8 Å². The van der Waals surface area contributed by atoms with Gasteiger partial charge in [-0.15, -0.1) is 0 Å². The van der Waals surface area contributed by atoms with Crippen molar-refractivity contribution in [1.29, 1.82) is 0 Å². The zero-order valence-electron chi connectivity index (χ0n) is 14.8. The van der Waals surface area contributed by atoms with E-state index >= 15 is 0 Å². The molecular weight excluding hydrogens is 408 g/mol. The summed E-state index contributed by atoms with van der Waals surface area (Å²) in [4.78, 5) is 14.0. The third-order valence-electron chi connectivity index (χ3n) is 4.12. The van der Waals surface area contributed by atoms with Gasteiger partial charge >= 0.3 is 0 Å². The minimum Gasteiger partial charge on any atom is -0.504 e. The number of amides is 1. The van der Waals surface area contributed by atoms with Gasteiger partial charge in [0.25, 0.3) is 5.91 Å². The Morgan fingerprint density at radius 3 is 2.43 bits per heavy atom. The summed E-state index contributed by atoms with van der Waals surface area (Å²) < 4.78 is 49.1. The third kappa shape index (κ3) is 4.20. The predicted molar refractivity (Wildman–Crippen MR) is 102 cm³/mol. The van der Waals surface area contributed by atoms with Crippen LogP contribution in [-0.2, 0) is 33.0 Å². The van der Waals surface area contributed by atoms with E-state index in [4.69, 9.17) is 0 Å². The van der Waals surface area contributed by atoms with Gasteiger partial charge in [0.05, 0.1) is 11.3 Å². The molecule has 0 fully saturated rings. The number of anilines is 1. The molecule has 0 atom stereocenters. The Balaban J connectivity index is 1.85. The van der Waals surface area contributed by atoms with Crippen LogP contribution in [0.25, 0.3) is 0 Å². The highest BCUT2D eigenvalue weighted by Gasteiger charge is 2.32. The van der Waals surface area contributed by atoms with Gasteiger partial charge in [0.1, 0.15) is 0 Å². The molecule has 9 nitrogen and oxygen atoms in total. The number of aromatic hydroxyl groups is 2. The second-order valence-corrected chi connectivity index (χ2v) is 10.8. The minimum absolute atomic E-state index is 0.00939. The van der Waals surface area contributed by atoms with Crippen molar-refractivity contribution >= 4 is 31.5 Å².